The molecule has 0 saturated carbocycles. The molecule has 0 atom stereocenters. The highest BCUT2D eigenvalue weighted by Crippen LogP contribution is 2.35. The largest absolute Gasteiger partial charge is 0.337 e. The molecule has 0 bridgehead atoms. The average Bonchev–Trinajstić information content (AvgIpc) is 3.35. The van der Waals surface area contributed by atoms with E-state index in [4.69, 9.17) is 4.98 Å². The lowest BCUT2D eigenvalue weighted by Crippen LogP contribution is -1.89. The number of nitro groups is 2. The summed E-state index contributed by atoms with van der Waals surface area (Å²) in [5.74, 6) is 0.530. The van der Waals surface area contributed by atoms with Crippen LogP contribution in [0.5, 0.6) is 0 Å². The molecule has 5 rings (SSSR count). The molecule has 0 saturated heterocycles. The lowest BCUT2D eigenvalue weighted by molar-refractivity contribution is -0.385. The first-order chi connectivity index (χ1) is 17.0. The smallest absolute Gasteiger partial charge is 0.270 e. The topological polar surface area (TPSA) is 115 Å². The Balaban J connectivity index is 1.56. The molecule has 0 aliphatic carbocycles. The summed E-state index contributed by atoms with van der Waals surface area (Å²) < 4.78 is 0. The van der Waals surface area contributed by atoms with Crippen molar-refractivity contribution in [3.8, 4) is 45.0 Å². The van der Waals surface area contributed by atoms with Gasteiger partial charge < -0.3 is 4.98 Å². The van der Waals surface area contributed by atoms with Crippen LogP contribution in [0.4, 0.5) is 11.4 Å². The van der Waals surface area contributed by atoms with Gasteiger partial charge in [0, 0.05) is 41.0 Å². The predicted octanol–water partition coefficient (Wildman–Crippen LogP) is 6.89. The summed E-state index contributed by atoms with van der Waals surface area (Å²) in [6.07, 6.45) is 0. The van der Waals surface area contributed by atoms with Gasteiger partial charge in [-0.2, -0.15) is 0 Å². The Bertz CT molecular complexity index is 1530. The highest BCUT2D eigenvalue weighted by molar-refractivity contribution is 5.82. The number of H-pyrrole nitrogens is 1. The van der Waals surface area contributed by atoms with Crippen molar-refractivity contribution in [2.45, 2.75) is 0 Å². The highest BCUT2D eigenvalue weighted by Gasteiger charge is 2.17. The van der Waals surface area contributed by atoms with Gasteiger partial charge in [0.2, 0.25) is 0 Å². The van der Waals surface area contributed by atoms with Crippen LogP contribution < -0.4 is 0 Å². The van der Waals surface area contributed by atoms with Gasteiger partial charge in [-0.25, -0.2) is 4.98 Å². The number of aromatic amines is 1. The minimum Gasteiger partial charge on any atom is -0.337 e. The molecule has 8 nitrogen and oxygen atoms in total. The minimum atomic E-state index is -0.428. The van der Waals surface area contributed by atoms with E-state index in [0.29, 0.717) is 11.4 Å². The second kappa shape index (κ2) is 9.03. The first-order valence-electron chi connectivity index (χ1n) is 10.7. The number of imidazole rings is 1. The van der Waals surface area contributed by atoms with Crippen LogP contribution in [0.25, 0.3) is 45.0 Å². The summed E-state index contributed by atoms with van der Waals surface area (Å²) in [7, 11) is 0. The lowest BCUT2D eigenvalue weighted by atomic mass is 10.0. The number of hydrogen-bond donors (Lipinski definition) is 1. The Morgan fingerprint density at radius 2 is 1.14 bits per heavy atom. The normalized spacial score (nSPS) is 10.7. The van der Waals surface area contributed by atoms with Gasteiger partial charge in [0.25, 0.3) is 11.4 Å². The maximum Gasteiger partial charge on any atom is 0.270 e. The van der Waals surface area contributed by atoms with Gasteiger partial charge in [0.1, 0.15) is 5.82 Å². The van der Waals surface area contributed by atoms with Crippen molar-refractivity contribution >= 4 is 11.4 Å². The molecule has 0 radical (unpaired) electrons. The number of benzene rings is 4. The number of nitrogens with zero attached hydrogens (tertiary/aromatic N) is 3. The van der Waals surface area contributed by atoms with Crippen LogP contribution in [0.2, 0.25) is 0 Å². The zero-order valence-electron chi connectivity index (χ0n) is 18.3. The molecule has 0 unspecified atom stereocenters. The fourth-order valence-corrected chi connectivity index (χ4v) is 3.90. The van der Waals surface area contributed by atoms with Crippen molar-refractivity contribution in [2.75, 3.05) is 0 Å². The van der Waals surface area contributed by atoms with Crippen molar-refractivity contribution in [3.63, 3.8) is 0 Å². The Kier molecular flexibility index (Phi) is 5.60. The number of rotatable bonds is 6. The first-order valence-corrected chi connectivity index (χ1v) is 10.7. The summed E-state index contributed by atoms with van der Waals surface area (Å²) in [4.78, 5) is 29.5. The summed E-state index contributed by atoms with van der Waals surface area (Å²) in [5.41, 5.74) is 5.76. The fourth-order valence-electron chi connectivity index (χ4n) is 3.90. The summed E-state index contributed by atoms with van der Waals surface area (Å²) >= 11 is 0. The van der Waals surface area contributed by atoms with E-state index in [0.717, 1.165) is 33.6 Å². The second-order valence-corrected chi connectivity index (χ2v) is 7.86. The van der Waals surface area contributed by atoms with Gasteiger partial charge in [0.15, 0.2) is 0 Å². The molecule has 0 aliphatic rings. The number of nitrogens with one attached hydrogen (secondary N) is 1. The zero-order valence-corrected chi connectivity index (χ0v) is 18.3. The number of aromatic nitrogens is 2. The molecule has 0 amide bonds. The number of non-ortho nitro benzene ring substituents is 2. The first kappa shape index (κ1) is 21.7. The molecule has 1 heterocycles. The molecule has 1 N–H and O–H groups in total. The van der Waals surface area contributed by atoms with Crippen LogP contribution >= 0.6 is 0 Å². The Labute approximate surface area is 199 Å². The third-order valence-corrected chi connectivity index (χ3v) is 5.67. The molecule has 4 aromatic carbocycles. The molecule has 0 fully saturated rings. The zero-order chi connectivity index (χ0) is 24.4. The maximum absolute atomic E-state index is 11.2. The summed E-state index contributed by atoms with van der Waals surface area (Å²) in [5, 5.41) is 22.2. The van der Waals surface area contributed by atoms with E-state index in [-0.39, 0.29) is 11.4 Å². The Hall–Kier alpha value is -5.11. The van der Waals surface area contributed by atoms with Crippen molar-refractivity contribution in [1.82, 2.24) is 9.97 Å². The monoisotopic (exact) mass is 462 g/mol. The van der Waals surface area contributed by atoms with Crippen LogP contribution in [-0.4, -0.2) is 19.8 Å². The molecule has 35 heavy (non-hydrogen) atoms. The molecule has 170 valence electrons. The van der Waals surface area contributed by atoms with Gasteiger partial charge >= 0.3 is 0 Å². The quantitative estimate of drug-likeness (QED) is 0.218. The molecular weight excluding hydrogens is 444 g/mol. The Morgan fingerprint density at radius 3 is 1.77 bits per heavy atom. The van der Waals surface area contributed by atoms with Gasteiger partial charge in [-0.3, -0.25) is 20.2 Å². The van der Waals surface area contributed by atoms with E-state index in [1.54, 1.807) is 24.3 Å². The van der Waals surface area contributed by atoms with E-state index in [1.165, 1.54) is 24.3 Å². The minimum absolute atomic E-state index is 0.00541. The lowest BCUT2D eigenvalue weighted by Gasteiger charge is -2.06. The summed E-state index contributed by atoms with van der Waals surface area (Å²) in [6, 6.07) is 30.3. The van der Waals surface area contributed by atoms with Gasteiger partial charge in [-0.15, -0.1) is 0 Å². The predicted molar refractivity (Wildman–Crippen MR) is 134 cm³/mol. The maximum atomic E-state index is 11.2. The van der Waals surface area contributed by atoms with E-state index in [1.807, 2.05) is 54.6 Å². The van der Waals surface area contributed by atoms with Gasteiger partial charge in [-0.1, -0.05) is 66.7 Å². The van der Waals surface area contributed by atoms with Crippen LogP contribution in [0.3, 0.4) is 0 Å². The molecule has 1 aromatic heterocycles. The van der Waals surface area contributed by atoms with Crippen molar-refractivity contribution < 1.29 is 9.85 Å². The molecular formula is C27H18N4O4. The van der Waals surface area contributed by atoms with Crippen LogP contribution in [0.1, 0.15) is 0 Å². The third kappa shape index (κ3) is 4.40. The van der Waals surface area contributed by atoms with Crippen molar-refractivity contribution in [3.05, 3.63) is 123 Å². The number of hydrogen-bond acceptors (Lipinski definition) is 5. The van der Waals surface area contributed by atoms with Crippen LogP contribution in [0, 0.1) is 20.2 Å². The van der Waals surface area contributed by atoms with Gasteiger partial charge in [0.05, 0.1) is 21.2 Å². The molecule has 8 heteroatoms. The average molecular weight is 462 g/mol. The van der Waals surface area contributed by atoms with E-state index in [9.17, 15) is 20.2 Å². The summed E-state index contributed by atoms with van der Waals surface area (Å²) in [6.45, 7) is 0. The molecule has 0 aliphatic heterocycles. The van der Waals surface area contributed by atoms with Crippen molar-refractivity contribution in [1.29, 1.82) is 0 Å². The van der Waals surface area contributed by atoms with E-state index < -0.39 is 9.85 Å². The SMILES string of the molecule is O=[N+]([O-])c1ccc(-c2ccc(-c3[nH]c(-c4cccc([N+](=O)[O-])c4)nc3-c3ccccc3)cc2)cc1. The molecule has 0 spiro atoms. The van der Waals surface area contributed by atoms with E-state index >= 15 is 0 Å². The van der Waals surface area contributed by atoms with Gasteiger partial charge in [-0.05, 0) is 23.3 Å². The third-order valence-electron chi connectivity index (χ3n) is 5.67. The van der Waals surface area contributed by atoms with Crippen molar-refractivity contribution in [2.24, 2.45) is 0 Å². The van der Waals surface area contributed by atoms with Crippen LogP contribution in [-0.2, 0) is 0 Å². The number of nitro benzene ring substituents is 2. The van der Waals surface area contributed by atoms with Crippen LogP contribution in [0.15, 0.2) is 103 Å². The molecule has 5 aromatic rings. The standard InChI is InChI=1S/C27H18N4O4/c32-30(33)23-15-13-19(14-16-23)18-9-11-21(12-10-18)26-25(20-5-2-1-3-6-20)28-27(29-26)22-7-4-8-24(17-22)31(34)35/h1-17H,(H,28,29). The second-order valence-electron chi connectivity index (χ2n) is 7.86. The highest BCUT2D eigenvalue weighted by atomic mass is 16.6. The van der Waals surface area contributed by atoms with E-state index in [2.05, 4.69) is 4.98 Å². The fraction of sp³-hybridized carbons (Fsp3) is 0. The Morgan fingerprint density at radius 1 is 0.571 bits per heavy atom.